The van der Waals surface area contributed by atoms with E-state index in [1.807, 2.05) is 60.9 Å². The van der Waals surface area contributed by atoms with Crippen LogP contribution in [0.1, 0.15) is 70.1 Å². The van der Waals surface area contributed by atoms with Crippen molar-refractivity contribution in [3.63, 3.8) is 0 Å². The van der Waals surface area contributed by atoms with Gasteiger partial charge in [0.2, 0.25) is 0 Å². The summed E-state index contributed by atoms with van der Waals surface area (Å²) in [5.74, 6) is 2.11. The molecule has 4 heterocycles. The van der Waals surface area contributed by atoms with Gasteiger partial charge in [0.1, 0.15) is 5.58 Å². The van der Waals surface area contributed by atoms with E-state index in [-0.39, 0.29) is 20.1 Å². The van der Waals surface area contributed by atoms with Gasteiger partial charge in [-0.25, -0.2) is 0 Å². The summed E-state index contributed by atoms with van der Waals surface area (Å²) in [4.78, 5) is 14.4. The van der Waals surface area contributed by atoms with Crippen LogP contribution in [0.4, 0.5) is 0 Å². The molecule has 61 heavy (non-hydrogen) atoms. The Morgan fingerprint density at radius 3 is 2.07 bits per heavy atom. The quantitative estimate of drug-likeness (QED) is 0.107. The van der Waals surface area contributed by atoms with E-state index in [4.69, 9.17) is 9.40 Å². The molecule has 0 aliphatic heterocycles. The van der Waals surface area contributed by atoms with Gasteiger partial charge in [-0.3, -0.25) is 9.97 Å². The van der Waals surface area contributed by atoms with Crippen molar-refractivity contribution in [1.82, 2.24) is 19.5 Å². The Balaban J connectivity index is 0.000000226. The third-order valence-corrected chi connectivity index (χ3v) is 13.2. The van der Waals surface area contributed by atoms with Gasteiger partial charge >= 0.3 is 0 Å². The summed E-state index contributed by atoms with van der Waals surface area (Å²) in [6.07, 6.45) is 6.98. The average molecular weight is 995 g/mol. The first-order valence-electron chi connectivity index (χ1n) is 21.2. The van der Waals surface area contributed by atoms with Crippen molar-refractivity contribution in [2.45, 2.75) is 79.4 Å². The largest absolute Gasteiger partial charge is 0.500 e. The monoisotopic (exact) mass is 995 g/mol. The van der Waals surface area contributed by atoms with Gasteiger partial charge in [-0.1, -0.05) is 127 Å². The molecule has 5 aromatic carbocycles. The molecule has 4 aromatic heterocycles. The maximum atomic E-state index is 6.11. The molecular formula is C54H54IrN4OSi-2. The number of furan rings is 1. The van der Waals surface area contributed by atoms with Crippen LogP contribution in [0.25, 0.3) is 72.4 Å². The van der Waals surface area contributed by atoms with Crippen molar-refractivity contribution in [1.29, 1.82) is 0 Å². The molecule has 0 N–H and O–H groups in total. The number of hydrogen-bond donors (Lipinski definition) is 0. The smallest absolute Gasteiger partial charge is 0.120 e. The number of pyridine rings is 2. The van der Waals surface area contributed by atoms with Crippen molar-refractivity contribution >= 4 is 46.2 Å². The van der Waals surface area contributed by atoms with Crippen molar-refractivity contribution in [3.8, 4) is 39.5 Å². The van der Waals surface area contributed by atoms with Crippen molar-refractivity contribution < 1.29 is 24.5 Å². The Morgan fingerprint density at radius 1 is 0.689 bits per heavy atom. The Hall–Kier alpha value is -5.46. The first-order chi connectivity index (χ1) is 28.9. The SMILES string of the molecule is CC(C)Cc1cc(-c2[c-]cccc2)ncc1[Si](C)(C)C.CC(C)c1cc(-c2ccccc2)cc(C(C)C)c1-n1c(-c2[c-]cc3oc4ccccc4c3c2)nc2ccncc21.[Ir]. The van der Waals surface area contributed by atoms with Gasteiger partial charge in [0, 0.05) is 43.6 Å². The van der Waals surface area contributed by atoms with Crippen molar-refractivity contribution in [3.05, 3.63) is 163 Å². The van der Waals surface area contributed by atoms with Gasteiger partial charge in [0.15, 0.2) is 0 Å². The van der Waals surface area contributed by atoms with Crippen LogP contribution < -0.4 is 5.19 Å². The van der Waals surface area contributed by atoms with Crippen LogP contribution in [0, 0.1) is 18.1 Å². The second kappa shape index (κ2) is 18.3. The molecule has 9 rings (SSSR count). The Bertz CT molecular complexity index is 2900. The molecule has 0 spiro atoms. The second-order valence-electron chi connectivity index (χ2n) is 17.9. The van der Waals surface area contributed by atoms with E-state index < -0.39 is 8.07 Å². The minimum Gasteiger partial charge on any atom is -0.500 e. The van der Waals surface area contributed by atoms with Gasteiger partial charge in [-0.05, 0) is 81.6 Å². The van der Waals surface area contributed by atoms with E-state index in [2.05, 4.69) is 161 Å². The summed E-state index contributed by atoms with van der Waals surface area (Å²) in [7, 11) is -1.34. The molecule has 0 aliphatic carbocycles. The minimum atomic E-state index is -1.34. The van der Waals surface area contributed by atoms with E-state index in [9.17, 15) is 0 Å². The van der Waals surface area contributed by atoms with E-state index in [1.165, 1.54) is 38.7 Å². The fraction of sp³-hybridized carbons (Fsp3) is 0.241. The van der Waals surface area contributed by atoms with Crippen LogP contribution in [-0.2, 0) is 26.5 Å². The molecule has 0 amide bonds. The van der Waals surface area contributed by atoms with E-state index in [1.54, 1.807) is 0 Å². The molecule has 311 valence electrons. The topological polar surface area (TPSA) is 56.7 Å². The summed E-state index contributed by atoms with van der Waals surface area (Å²) >= 11 is 0. The third kappa shape index (κ3) is 9.11. The van der Waals surface area contributed by atoms with Gasteiger partial charge in [-0.15, -0.1) is 59.7 Å². The Kier molecular flexibility index (Phi) is 13.1. The molecule has 0 unspecified atom stereocenters. The Labute approximate surface area is 375 Å². The predicted octanol–water partition coefficient (Wildman–Crippen LogP) is 14.0. The Morgan fingerprint density at radius 2 is 1.39 bits per heavy atom. The predicted molar refractivity (Wildman–Crippen MR) is 254 cm³/mol. The molecule has 0 bridgehead atoms. The number of benzene rings is 5. The molecule has 0 atom stereocenters. The van der Waals surface area contributed by atoms with Gasteiger partial charge < -0.3 is 14.0 Å². The minimum absolute atomic E-state index is 0. The number of para-hydroxylation sites is 1. The van der Waals surface area contributed by atoms with Crippen LogP contribution >= 0.6 is 0 Å². The second-order valence-corrected chi connectivity index (χ2v) is 22.9. The summed E-state index contributed by atoms with van der Waals surface area (Å²) in [6.45, 7) is 20.8. The van der Waals surface area contributed by atoms with Crippen molar-refractivity contribution in [2.75, 3.05) is 0 Å². The average Bonchev–Trinajstić information content (AvgIpc) is 3.82. The maximum absolute atomic E-state index is 6.11. The van der Waals surface area contributed by atoms with Crippen LogP contribution in [0.2, 0.25) is 19.6 Å². The summed E-state index contributed by atoms with van der Waals surface area (Å²) in [5.41, 5.74) is 14.3. The van der Waals surface area contributed by atoms with Crippen molar-refractivity contribution in [2.24, 2.45) is 5.92 Å². The standard InChI is InChI=1S/C36H30N3O.C18H24NSi.Ir/c1-22(2)28-19-26(24-10-6-5-7-11-24)20-29(23(3)4)35(28)39-32-21-37-17-16-31(32)38-36(39)25-14-15-34-30(18-25)27-12-8-9-13-33(27)40-34;1-14(2)11-16-12-17(15-9-7-6-8-10-15)19-13-18(16)20(3,4)5;/h5-13,15-23H,1-4H3;6-9,12-14H,11H2,1-5H3;/q2*-1;. The normalized spacial score (nSPS) is 11.7. The van der Waals surface area contributed by atoms with Gasteiger partial charge in [0.05, 0.1) is 36.7 Å². The molecule has 7 heteroatoms. The van der Waals surface area contributed by atoms with E-state index >= 15 is 0 Å². The van der Waals surface area contributed by atoms with Gasteiger partial charge in [-0.2, -0.15) is 0 Å². The number of imidazole rings is 1. The molecule has 9 aromatic rings. The molecule has 0 saturated heterocycles. The van der Waals surface area contributed by atoms with Crippen LogP contribution in [0.5, 0.6) is 0 Å². The summed E-state index contributed by atoms with van der Waals surface area (Å²) in [6, 6.07) is 46.7. The molecule has 1 radical (unpaired) electrons. The molecule has 0 aliphatic rings. The van der Waals surface area contributed by atoms with Crippen LogP contribution in [0.15, 0.2) is 138 Å². The van der Waals surface area contributed by atoms with Gasteiger partial charge in [0.25, 0.3) is 0 Å². The van der Waals surface area contributed by atoms with E-state index in [0.717, 1.165) is 62.0 Å². The fourth-order valence-electron chi connectivity index (χ4n) is 8.23. The first kappa shape index (κ1) is 43.6. The zero-order valence-corrected chi connectivity index (χ0v) is 40.1. The van der Waals surface area contributed by atoms with Crippen LogP contribution in [-0.4, -0.2) is 27.6 Å². The van der Waals surface area contributed by atoms with Crippen LogP contribution in [0.3, 0.4) is 0 Å². The number of rotatable bonds is 9. The molecule has 5 nitrogen and oxygen atoms in total. The third-order valence-electron chi connectivity index (χ3n) is 11.2. The zero-order chi connectivity index (χ0) is 42.1. The fourth-order valence-corrected chi connectivity index (χ4v) is 9.82. The molecular weight excluding hydrogens is 941 g/mol. The number of fused-ring (bicyclic) bond motifs is 4. The summed E-state index contributed by atoms with van der Waals surface area (Å²) < 4.78 is 8.41. The zero-order valence-electron chi connectivity index (χ0n) is 36.7. The number of hydrogen-bond acceptors (Lipinski definition) is 4. The summed E-state index contributed by atoms with van der Waals surface area (Å²) in [5, 5.41) is 3.65. The maximum Gasteiger partial charge on any atom is 0.120 e. The number of nitrogens with zero attached hydrogens (tertiary/aromatic N) is 4. The molecule has 0 fully saturated rings. The molecule has 0 saturated carbocycles. The first-order valence-corrected chi connectivity index (χ1v) is 24.7. The van der Waals surface area contributed by atoms with E-state index in [0.29, 0.717) is 17.8 Å². The number of aromatic nitrogens is 4.